The van der Waals surface area contributed by atoms with Gasteiger partial charge in [0, 0.05) is 41.9 Å². The lowest BCUT2D eigenvalue weighted by atomic mass is 9.93. The van der Waals surface area contributed by atoms with Gasteiger partial charge in [0.05, 0.1) is 23.9 Å². The normalized spacial score (nSPS) is 17.0. The van der Waals surface area contributed by atoms with Crippen molar-refractivity contribution in [2.45, 2.75) is 57.8 Å². The molecule has 2 atom stereocenters. The van der Waals surface area contributed by atoms with Gasteiger partial charge in [-0.3, -0.25) is 4.79 Å². The molecular formula is C34H35FN2O4. The Hall–Kier alpha value is -4.36. The van der Waals surface area contributed by atoms with Crippen molar-refractivity contribution < 1.29 is 24.1 Å². The zero-order valence-corrected chi connectivity index (χ0v) is 23.3. The molecule has 3 aromatic carbocycles. The van der Waals surface area contributed by atoms with Gasteiger partial charge in [-0.05, 0) is 53.4 Å². The minimum Gasteiger partial charge on any atom is -0.506 e. The first-order chi connectivity index (χ1) is 19.7. The number of ether oxygens (including phenoxy) is 1. The number of hydrogen-bond acceptors (Lipinski definition) is 5. The smallest absolute Gasteiger partial charge is 0.308 e. The lowest BCUT2D eigenvalue weighted by Gasteiger charge is -2.27. The number of aromatic nitrogens is 1. The fourth-order valence-electron chi connectivity index (χ4n) is 5.68. The van der Waals surface area contributed by atoms with Gasteiger partial charge in [0.15, 0.2) is 0 Å². The van der Waals surface area contributed by atoms with E-state index in [0.717, 1.165) is 33.6 Å². The fourth-order valence-corrected chi connectivity index (χ4v) is 5.68. The van der Waals surface area contributed by atoms with Gasteiger partial charge >= 0.3 is 5.97 Å². The molecule has 0 radical (unpaired) electrons. The van der Waals surface area contributed by atoms with Crippen molar-refractivity contribution in [3.63, 3.8) is 0 Å². The van der Waals surface area contributed by atoms with Gasteiger partial charge in [-0.25, -0.2) is 4.39 Å². The lowest BCUT2D eigenvalue weighted by Crippen LogP contribution is -2.33. The summed E-state index contributed by atoms with van der Waals surface area (Å²) in [7, 11) is 0. The van der Waals surface area contributed by atoms with Crippen LogP contribution < -0.4 is 5.32 Å². The van der Waals surface area contributed by atoms with Gasteiger partial charge < -0.3 is 24.8 Å². The summed E-state index contributed by atoms with van der Waals surface area (Å²) >= 11 is 0. The number of anilines is 1. The van der Waals surface area contributed by atoms with Crippen LogP contribution in [0.15, 0.2) is 85.4 Å². The summed E-state index contributed by atoms with van der Waals surface area (Å²) < 4.78 is 21.9. The summed E-state index contributed by atoms with van der Waals surface area (Å²) in [6.07, 6.45) is -0.238. The van der Waals surface area contributed by atoms with Crippen molar-refractivity contribution in [2.24, 2.45) is 0 Å². The number of phenolic OH excluding ortho intramolecular Hbond substituents is 1. The van der Waals surface area contributed by atoms with Crippen molar-refractivity contribution in [3.05, 3.63) is 103 Å². The molecule has 1 aliphatic rings. The maximum absolute atomic E-state index is 14.1. The average molecular weight is 555 g/mol. The molecule has 4 aromatic rings. The van der Waals surface area contributed by atoms with Crippen LogP contribution in [0.1, 0.15) is 50.3 Å². The second-order valence-corrected chi connectivity index (χ2v) is 10.8. The van der Waals surface area contributed by atoms with E-state index in [1.54, 1.807) is 30.3 Å². The number of carbonyl (C=O) groups is 1. The first-order valence-electron chi connectivity index (χ1n) is 13.9. The van der Waals surface area contributed by atoms with E-state index >= 15 is 0 Å². The number of benzene rings is 3. The first kappa shape index (κ1) is 28.2. The Labute approximate surface area is 239 Å². The minimum atomic E-state index is -0.718. The molecule has 0 saturated carbocycles. The molecular weight excluding hydrogens is 519 g/mol. The van der Waals surface area contributed by atoms with Crippen LogP contribution in [-0.4, -0.2) is 33.0 Å². The van der Waals surface area contributed by atoms with Crippen LogP contribution in [0, 0.1) is 5.82 Å². The first-order valence-corrected chi connectivity index (χ1v) is 13.9. The Balaban J connectivity index is 1.72. The predicted molar refractivity (Wildman–Crippen MR) is 160 cm³/mol. The highest BCUT2D eigenvalue weighted by Gasteiger charge is 2.31. The van der Waals surface area contributed by atoms with Crippen LogP contribution >= 0.6 is 0 Å². The number of halogens is 1. The molecule has 0 spiro atoms. The molecule has 1 unspecified atom stereocenters. The van der Waals surface area contributed by atoms with Gasteiger partial charge in [-0.1, -0.05) is 62.9 Å². The zero-order valence-electron chi connectivity index (χ0n) is 23.3. The summed E-state index contributed by atoms with van der Waals surface area (Å²) in [5.74, 6) is -0.567. The Morgan fingerprint density at radius 2 is 1.73 bits per heavy atom. The molecule has 6 nitrogen and oxygen atoms in total. The van der Waals surface area contributed by atoms with Crippen molar-refractivity contribution in [2.75, 3.05) is 5.32 Å². The number of carbonyl (C=O) groups excluding carboxylic acids is 1. The number of cyclic esters (lactones) is 1. The summed E-state index contributed by atoms with van der Waals surface area (Å²) in [6, 6.07) is 23.4. The molecule has 1 saturated heterocycles. The number of aliphatic hydroxyl groups is 1. The van der Waals surface area contributed by atoms with E-state index in [2.05, 4.69) is 30.3 Å². The van der Waals surface area contributed by atoms with Gasteiger partial charge in [-0.15, -0.1) is 0 Å². The van der Waals surface area contributed by atoms with E-state index in [0.29, 0.717) is 30.8 Å². The maximum Gasteiger partial charge on any atom is 0.308 e. The van der Waals surface area contributed by atoms with Crippen LogP contribution in [0.25, 0.3) is 28.1 Å². The van der Waals surface area contributed by atoms with Crippen LogP contribution in [0.2, 0.25) is 0 Å². The molecule has 3 N–H and O–H groups in total. The van der Waals surface area contributed by atoms with Gasteiger partial charge in [0.1, 0.15) is 17.7 Å². The molecule has 5 rings (SSSR count). The van der Waals surface area contributed by atoms with Crippen LogP contribution in [0.4, 0.5) is 10.1 Å². The maximum atomic E-state index is 14.1. The van der Waals surface area contributed by atoms with E-state index in [1.165, 1.54) is 12.1 Å². The van der Waals surface area contributed by atoms with Crippen molar-refractivity contribution in [3.8, 4) is 28.1 Å². The van der Waals surface area contributed by atoms with E-state index in [1.807, 2.05) is 36.4 Å². The van der Waals surface area contributed by atoms with Crippen LogP contribution in [0.5, 0.6) is 5.75 Å². The number of para-hydroxylation sites is 2. The molecule has 41 heavy (non-hydrogen) atoms. The quantitative estimate of drug-likeness (QED) is 0.149. The average Bonchev–Trinajstić information content (AvgIpc) is 3.29. The molecule has 2 heterocycles. The number of aliphatic hydroxyl groups excluding tert-OH is 1. The number of hydrogen-bond donors (Lipinski definition) is 3. The van der Waals surface area contributed by atoms with E-state index in [-0.39, 0.29) is 23.9 Å². The largest absolute Gasteiger partial charge is 0.506 e. The molecule has 1 aliphatic heterocycles. The third-order valence-electron chi connectivity index (χ3n) is 7.43. The Bertz CT molecular complexity index is 1540. The highest BCUT2D eigenvalue weighted by molar-refractivity contribution is 5.95. The Morgan fingerprint density at radius 1 is 1.05 bits per heavy atom. The Kier molecular flexibility index (Phi) is 8.26. The minimum absolute atomic E-state index is 0.0121. The van der Waals surface area contributed by atoms with E-state index < -0.39 is 18.2 Å². The molecule has 0 amide bonds. The number of esters is 1. The van der Waals surface area contributed by atoms with Gasteiger partial charge in [0.2, 0.25) is 0 Å². The third kappa shape index (κ3) is 6.05. The molecule has 0 bridgehead atoms. The molecule has 1 aromatic heterocycles. The van der Waals surface area contributed by atoms with Gasteiger partial charge in [0.25, 0.3) is 0 Å². The topological polar surface area (TPSA) is 83.7 Å². The lowest BCUT2D eigenvalue weighted by molar-refractivity contribution is -0.160. The Morgan fingerprint density at radius 3 is 2.39 bits per heavy atom. The molecule has 7 heteroatoms. The number of rotatable bonds is 9. The summed E-state index contributed by atoms with van der Waals surface area (Å²) in [4.78, 5) is 12.1. The number of nitrogens with zero attached hydrogens (tertiary/aromatic N) is 1. The third-order valence-corrected chi connectivity index (χ3v) is 7.43. The van der Waals surface area contributed by atoms with Gasteiger partial charge in [-0.2, -0.15) is 0 Å². The second-order valence-electron chi connectivity index (χ2n) is 10.8. The van der Waals surface area contributed by atoms with Crippen molar-refractivity contribution >= 4 is 17.4 Å². The molecule has 212 valence electrons. The predicted octanol–water partition coefficient (Wildman–Crippen LogP) is 7.33. The van der Waals surface area contributed by atoms with E-state index in [9.17, 15) is 19.4 Å². The van der Waals surface area contributed by atoms with E-state index in [4.69, 9.17) is 4.74 Å². The summed E-state index contributed by atoms with van der Waals surface area (Å²) in [5, 5.41) is 24.0. The molecule has 0 aliphatic carbocycles. The standard InChI is InChI=1S/C34H35FN2O4/c1-21(2)33-31(22(3)36-28-11-7-8-12-29(28)39)32(23-9-5-4-6-10-23)34(24-13-15-25(35)16-14-24)37(33)18-17-27-19-26(38)20-30(40)41-27/h4-16,21,26-27,36,38-39H,3,17-20H2,1-2H3/t26?,27-/m1/s1. The number of aromatic hydroxyl groups is 1. The van der Waals surface area contributed by atoms with Crippen molar-refractivity contribution in [1.29, 1.82) is 0 Å². The molecule has 1 fully saturated rings. The van der Waals surface area contributed by atoms with Crippen molar-refractivity contribution in [1.82, 2.24) is 4.57 Å². The number of phenols is 1. The second kappa shape index (κ2) is 12.0. The van der Waals surface area contributed by atoms with Crippen LogP contribution in [0.3, 0.4) is 0 Å². The highest BCUT2D eigenvalue weighted by Crippen LogP contribution is 2.45. The fraction of sp³-hybridized carbons (Fsp3) is 0.265. The zero-order chi connectivity index (χ0) is 29.1. The monoisotopic (exact) mass is 554 g/mol. The SMILES string of the molecule is C=C(Nc1ccccc1O)c1c(-c2ccccc2)c(-c2ccc(F)cc2)n(CC[C@@H]2CC(O)CC(=O)O2)c1C(C)C. The summed E-state index contributed by atoms with van der Waals surface area (Å²) in [5.41, 5.74) is 6.62. The number of nitrogens with one attached hydrogen (secondary N) is 1. The summed E-state index contributed by atoms with van der Waals surface area (Å²) in [6.45, 7) is 9.13. The van der Waals surface area contributed by atoms with Crippen LogP contribution in [-0.2, 0) is 16.1 Å². The highest BCUT2D eigenvalue weighted by atomic mass is 19.1.